The molecule has 0 atom stereocenters. The van der Waals surface area contributed by atoms with Gasteiger partial charge in [-0.2, -0.15) is 0 Å². The zero-order valence-corrected chi connectivity index (χ0v) is 14.8. The Balaban J connectivity index is 0.00000200. The van der Waals surface area contributed by atoms with Gasteiger partial charge in [-0.15, -0.1) is 0 Å². The van der Waals surface area contributed by atoms with Crippen LogP contribution < -0.4 is 61.6 Å². The van der Waals surface area contributed by atoms with E-state index in [1.165, 1.54) is 0 Å². The number of hydrogen-bond donors (Lipinski definition) is 0. The van der Waals surface area contributed by atoms with E-state index in [1.54, 1.807) is 0 Å². The van der Waals surface area contributed by atoms with Crippen molar-refractivity contribution in [1.29, 1.82) is 0 Å². The minimum atomic E-state index is -5.18. The zero-order valence-electron chi connectivity index (χ0n) is 11.7. The maximum Gasteiger partial charge on any atom is 1.00 e. The van der Waals surface area contributed by atoms with Crippen molar-refractivity contribution in [2.24, 2.45) is 5.92 Å². The predicted octanol–water partition coefficient (Wildman–Crippen LogP) is 0.842. The van der Waals surface area contributed by atoms with Crippen LogP contribution in [0.4, 0.5) is 17.3 Å². The van der Waals surface area contributed by atoms with Crippen LogP contribution in [0.15, 0.2) is 18.2 Å². The van der Waals surface area contributed by atoms with E-state index < -0.39 is 18.3 Å². The van der Waals surface area contributed by atoms with Crippen molar-refractivity contribution in [3.63, 3.8) is 0 Å². The maximum absolute atomic E-state index is 13.1. The Morgan fingerprint density at radius 3 is 2.25 bits per heavy atom. The minimum absolute atomic E-state index is 0. The Morgan fingerprint density at radius 2 is 1.70 bits per heavy atom. The second kappa shape index (κ2) is 7.63. The van der Waals surface area contributed by atoms with E-state index in [-0.39, 0.29) is 63.2 Å². The summed E-state index contributed by atoms with van der Waals surface area (Å²) >= 11 is 0. The van der Waals surface area contributed by atoms with Gasteiger partial charge < -0.3 is 17.7 Å². The summed E-state index contributed by atoms with van der Waals surface area (Å²) < 4.78 is 57.1. The van der Waals surface area contributed by atoms with Crippen LogP contribution in [0.3, 0.4) is 0 Å². The Labute approximate surface area is 158 Å². The SMILES string of the molecule is CC1CCC(Oc2cc(F)ccc2[B-](F)(F)F)CC1.[K+]. The molecule has 0 N–H and O–H groups in total. The molecule has 1 saturated carbocycles. The molecule has 106 valence electrons. The quantitative estimate of drug-likeness (QED) is 0.593. The van der Waals surface area contributed by atoms with E-state index in [0.717, 1.165) is 43.9 Å². The first-order chi connectivity index (χ1) is 8.86. The Bertz CT molecular complexity index is 444. The first kappa shape index (κ1) is 18.5. The Kier molecular flexibility index (Phi) is 7.05. The Hall–Kier alpha value is 0.441. The Morgan fingerprint density at radius 1 is 1.10 bits per heavy atom. The zero-order chi connectivity index (χ0) is 14.0. The smallest absolute Gasteiger partial charge is 0.493 e. The van der Waals surface area contributed by atoms with Gasteiger partial charge in [-0.1, -0.05) is 18.5 Å². The molecule has 0 bridgehead atoms. The van der Waals surface area contributed by atoms with E-state index >= 15 is 0 Å². The third-order valence-electron chi connectivity index (χ3n) is 3.58. The van der Waals surface area contributed by atoms with Gasteiger partial charge in [0, 0.05) is 6.07 Å². The number of hydrogen-bond acceptors (Lipinski definition) is 1. The van der Waals surface area contributed by atoms with Crippen LogP contribution in [-0.4, -0.2) is 13.1 Å². The number of rotatable bonds is 3. The summed E-state index contributed by atoms with van der Waals surface area (Å²) in [6.45, 7) is -3.07. The van der Waals surface area contributed by atoms with Gasteiger partial charge in [0.25, 0.3) is 0 Å². The van der Waals surface area contributed by atoms with Crippen molar-refractivity contribution >= 4 is 12.4 Å². The first-order valence-electron chi connectivity index (χ1n) is 6.52. The molecule has 2 rings (SSSR count). The van der Waals surface area contributed by atoms with Crippen molar-refractivity contribution in [3.8, 4) is 5.75 Å². The van der Waals surface area contributed by atoms with Crippen LogP contribution >= 0.6 is 0 Å². The molecule has 1 aliphatic rings. The second-order valence-electron chi connectivity index (χ2n) is 5.26. The summed E-state index contributed by atoms with van der Waals surface area (Å²) in [5, 5.41) is 0. The van der Waals surface area contributed by atoms with Crippen molar-refractivity contribution in [3.05, 3.63) is 24.0 Å². The summed E-state index contributed by atoms with van der Waals surface area (Å²) in [6, 6.07) is 2.42. The van der Waals surface area contributed by atoms with Gasteiger partial charge in [-0.25, -0.2) is 4.39 Å². The van der Waals surface area contributed by atoms with Crippen molar-refractivity contribution in [2.75, 3.05) is 0 Å². The molecule has 0 amide bonds. The van der Waals surface area contributed by atoms with Crippen LogP contribution in [0.25, 0.3) is 0 Å². The molecule has 1 aromatic rings. The van der Waals surface area contributed by atoms with E-state index in [4.69, 9.17) is 4.74 Å². The normalized spacial score (nSPS) is 23.1. The number of benzene rings is 1. The van der Waals surface area contributed by atoms with Gasteiger partial charge in [-0.3, -0.25) is 0 Å². The molecule has 1 aliphatic carbocycles. The molecule has 1 fully saturated rings. The van der Waals surface area contributed by atoms with Gasteiger partial charge in [0.15, 0.2) is 0 Å². The fraction of sp³-hybridized carbons (Fsp3) is 0.538. The molecule has 20 heavy (non-hydrogen) atoms. The summed E-state index contributed by atoms with van der Waals surface area (Å²) in [4.78, 5) is 0. The summed E-state index contributed by atoms with van der Waals surface area (Å²) in [5.41, 5.74) is -0.847. The summed E-state index contributed by atoms with van der Waals surface area (Å²) in [5.74, 6) is -0.492. The first-order valence-corrected chi connectivity index (χ1v) is 6.52. The van der Waals surface area contributed by atoms with Crippen LogP contribution in [0.5, 0.6) is 5.75 Å². The predicted molar refractivity (Wildman–Crippen MR) is 67.2 cm³/mol. The monoisotopic (exact) mass is 314 g/mol. The molecule has 7 heteroatoms. The van der Waals surface area contributed by atoms with E-state index in [9.17, 15) is 17.3 Å². The fourth-order valence-corrected chi connectivity index (χ4v) is 2.41. The van der Waals surface area contributed by atoms with Gasteiger partial charge in [0.1, 0.15) is 5.82 Å². The van der Waals surface area contributed by atoms with E-state index in [1.807, 2.05) is 0 Å². The fourth-order valence-electron chi connectivity index (χ4n) is 2.41. The largest absolute Gasteiger partial charge is 1.00 e. The van der Waals surface area contributed by atoms with E-state index in [0.29, 0.717) is 5.92 Å². The average Bonchev–Trinajstić information content (AvgIpc) is 2.30. The molecule has 0 aliphatic heterocycles. The molecule has 0 radical (unpaired) electrons. The van der Waals surface area contributed by atoms with Crippen molar-refractivity contribution < 1.29 is 73.5 Å². The van der Waals surface area contributed by atoms with Crippen molar-refractivity contribution in [2.45, 2.75) is 38.7 Å². The maximum atomic E-state index is 13.1. The van der Waals surface area contributed by atoms with Gasteiger partial charge in [0.2, 0.25) is 0 Å². The molecule has 0 spiro atoms. The number of ether oxygens (including phenoxy) is 1. The molecule has 0 saturated heterocycles. The minimum Gasteiger partial charge on any atom is -0.493 e. The molecule has 1 aromatic carbocycles. The van der Waals surface area contributed by atoms with Gasteiger partial charge in [0.05, 0.1) is 11.9 Å². The molecule has 0 aromatic heterocycles. The summed E-state index contributed by atoms with van der Waals surface area (Å²) in [6.07, 6.45) is 3.08. The third kappa shape index (κ3) is 5.02. The third-order valence-corrected chi connectivity index (χ3v) is 3.58. The molecule has 0 heterocycles. The molecular weight excluding hydrogens is 298 g/mol. The molecule has 0 unspecified atom stereocenters. The molecular formula is C13H16BF4KO. The van der Waals surface area contributed by atoms with Crippen molar-refractivity contribution in [1.82, 2.24) is 0 Å². The topological polar surface area (TPSA) is 9.23 Å². The van der Waals surface area contributed by atoms with Crippen LogP contribution in [0.2, 0.25) is 0 Å². The summed E-state index contributed by atoms with van der Waals surface area (Å²) in [7, 11) is 0. The van der Waals surface area contributed by atoms with E-state index in [2.05, 4.69) is 6.92 Å². The van der Waals surface area contributed by atoms with Crippen LogP contribution in [-0.2, 0) is 0 Å². The van der Waals surface area contributed by atoms with Crippen LogP contribution in [0, 0.1) is 11.7 Å². The standard InChI is InChI=1S/C13H16BF4O.K/c1-9-2-5-11(6-3-9)19-13-8-10(15)4-7-12(13)14(16,17)18;/h4,7-9,11H,2-3,5-6H2,1H3;/q-1;+1. The van der Waals surface area contributed by atoms with Gasteiger partial charge in [-0.05, 0) is 37.7 Å². The second-order valence-corrected chi connectivity index (χ2v) is 5.26. The molecule has 1 nitrogen and oxygen atoms in total. The van der Waals surface area contributed by atoms with Crippen LogP contribution in [0.1, 0.15) is 32.6 Å². The van der Waals surface area contributed by atoms with Gasteiger partial charge >= 0.3 is 58.4 Å². The number of halogens is 4. The average molecular weight is 314 g/mol.